The summed E-state index contributed by atoms with van der Waals surface area (Å²) in [6, 6.07) is 3.81. The van der Waals surface area contributed by atoms with Crippen LogP contribution in [0.4, 0.5) is 5.95 Å². The third kappa shape index (κ3) is 2.52. The van der Waals surface area contributed by atoms with Gasteiger partial charge in [0.05, 0.1) is 7.11 Å². The van der Waals surface area contributed by atoms with E-state index in [0.29, 0.717) is 11.8 Å². The Kier molecular flexibility index (Phi) is 3.31. The number of nitrogens with zero attached hydrogens (tertiary/aromatic N) is 4. The highest BCUT2D eigenvalue weighted by molar-refractivity contribution is 5.34. The summed E-state index contributed by atoms with van der Waals surface area (Å²) in [6.45, 7) is 1.90. The van der Waals surface area contributed by atoms with Crippen molar-refractivity contribution in [3.05, 3.63) is 30.2 Å². The second-order valence-corrected chi connectivity index (χ2v) is 4.70. The number of nitrogens with one attached hydrogen (secondary N) is 1. The molecule has 1 fully saturated rings. The minimum Gasteiger partial charge on any atom is -0.481 e. The molecule has 6 nitrogen and oxygen atoms in total. The molecular weight excluding hydrogens is 242 g/mol. The Labute approximate surface area is 111 Å². The first-order valence-corrected chi connectivity index (χ1v) is 6.48. The number of piperidine rings is 1. The van der Waals surface area contributed by atoms with Gasteiger partial charge < -0.3 is 9.64 Å². The SMILES string of the molecule is COc1ccnc(N2CCC[C@H](c3ccn[nH]3)C2)n1. The van der Waals surface area contributed by atoms with Gasteiger partial charge in [0.25, 0.3) is 0 Å². The average Bonchev–Trinajstić information content (AvgIpc) is 3.02. The van der Waals surface area contributed by atoms with Gasteiger partial charge in [-0.05, 0) is 18.9 Å². The zero-order valence-electron chi connectivity index (χ0n) is 10.9. The molecule has 1 aliphatic heterocycles. The molecule has 0 radical (unpaired) electrons. The van der Waals surface area contributed by atoms with Crippen LogP contribution in [-0.4, -0.2) is 40.4 Å². The molecule has 0 saturated carbocycles. The van der Waals surface area contributed by atoms with Gasteiger partial charge in [-0.25, -0.2) is 4.98 Å². The molecule has 1 saturated heterocycles. The van der Waals surface area contributed by atoms with Gasteiger partial charge >= 0.3 is 0 Å². The van der Waals surface area contributed by atoms with Gasteiger partial charge in [-0.15, -0.1) is 0 Å². The fourth-order valence-electron chi connectivity index (χ4n) is 2.51. The van der Waals surface area contributed by atoms with Crippen molar-refractivity contribution in [2.75, 3.05) is 25.1 Å². The van der Waals surface area contributed by atoms with Crippen LogP contribution in [-0.2, 0) is 0 Å². The smallest absolute Gasteiger partial charge is 0.228 e. The van der Waals surface area contributed by atoms with E-state index in [1.165, 1.54) is 12.1 Å². The third-order valence-corrected chi connectivity index (χ3v) is 3.49. The normalized spacial score (nSPS) is 19.4. The zero-order valence-corrected chi connectivity index (χ0v) is 10.9. The van der Waals surface area contributed by atoms with E-state index in [-0.39, 0.29) is 0 Å². The van der Waals surface area contributed by atoms with E-state index in [1.807, 2.05) is 6.07 Å². The second-order valence-electron chi connectivity index (χ2n) is 4.70. The minimum absolute atomic E-state index is 0.464. The molecule has 0 aromatic carbocycles. The van der Waals surface area contributed by atoms with Crippen LogP contribution in [0.2, 0.25) is 0 Å². The summed E-state index contributed by atoms with van der Waals surface area (Å²) in [5, 5.41) is 7.09. The standard InChI is InChI=1S/C13H17N5O/c1-19-12-5-6-14-13(16-12)18-8-2-3-10(9-18)11-4-7-15-17-11/h4-7,10H,2-3,8-9H2,1H3,(H,15,17)/t10-/m0/s1. The van der Waals surface area contributed by atoms with Crippen molar-refractivity contribution < 1.29 is 4.74 Å². The molecule has 0 unspecified atom stereocenters. The predicted molar refractivity (Wildman–Crippen MR) is 71.4 cm³/mol. The summed E-state index contributed by atoms with van der Waals surface area (Å²) in [7, 11) is 1.62. The number of hydrogen-bond donors (Lipinski definition) is 1. The highest BCUT2D eigenvalue weighted by atomic mass is 16.5. The first-order chi connectivity index (χ1) is 9.36. The Morgan fingerprint density at radius 3 is 3.11 bits per heavy atom. The largest absolute Gasteiger partial charge is 0.481 e. The molecule has 3 rings (SSSR count). The van der Waals surface area contributed by atoms with Crippen LogP contribution < -0.4 is 9.64 Å². The van der Waals surface area contributed by atoms with Crippen LogP contribution in [0.3, 0.4) is 0 Å². The van der Waals surface area contributed by atoms with Crippen molar-refractivity contribution in [1.29, 1.82) is 0 Å². The van der Waals surface area contributed by atoms with E-state index in [9.17, 15) is 0 Å². The van der Waals surface area contributed by atoms with Crippen molar-refractivity contribution in [2.45, 2.75) is 18.8 Å². The highest BCUT2D eigenvalue weighted by Crippen LogP contribution is 2.27. The predicted octanol–water partition coefficient (Wildman–Crippen LogP) is 1.59. The van der Waals surface area contributed by atoms with Crippen LogP contribution in [0.15, 0.2) is 24.5 Å². The van der Waals surface area contributed by atoms with E-state index >= 15 is 0 Å². The molecule has 0 amide bonds. The molecule has 3 heterocycles. The Hall–Kier alpha value is -2.11. The first kappa shape index (κ1) is 12.0. The maximum Gasteiger partial charge on any atom is 0.228 e. The molecule has 2 aromatic rings. The van der Waals surface area contributed by atoms with Gasteiger partial charge in [-0.1, -0.05) is 0 Å². The van der Waals surface area contributed by atoms with Crippen molar-refractivity contribution in [1.82, 2.24) is 20.2 Å². The van der Waals surface area contributed by atoms with Crippen molar-refractivity contribution >= 4 is 5.95 Å². The first-order valence-electron chi connectivity index (χ1n) is 6.48. The van der Waals surface area contributed by atoms with Gasteiger partial charge in [0.15, 0.2) is 0 Å². The number of anilines is 1. The number of hydrogen-bond acceptors (Lipinski definition) is 5. The monoisotopic (exact) mass is 259 g/mol. The van der Waals surface area contributed by atoms with E-state index in [2.05, 4.69) is 25.1 Å². The lowest BCUT2D eigenvalue weighted by Gasteiger charge is -2.32. The summed E-state index contributed by atoms with van der Waals surface area (Å²) in [5.74, 6) is 1.81. The summed E-state index contributed by atoms with van der Waals surface area (Å²) >= 11 is 0. The van der Waals surface area contributed by atoms with Crippen LogP contribution in [0.25, 0.3) is 0 Å². The van der Waals surface area contributed by atoms with Crippen LogP contribution in [0, 0.1) is 0 Å². The number of methoxy groups -OCH3 is 1. The second kappa shape index (κ2) is 5.26. The number of rotatable bonds is 3. The van der Waals surface area contributed by atoms with E-state index in [4.69, 9.17) is 4.74 Å². The molecule has 2 aromatic heterocycles. The molecular formula is C13H17N5O. The summed E-state index contributed by atoms with van der Waals surface area (Å²) in [4.78, 5) is 10.9. The van der Waals surface area contributed by atoms with Crippen LogP contribution in [0.1, 0.15) is 24.5 Å². The Balaban J connectivity index is 1.77. The Morgan fingerprint density at radius 1 is 1.37 bits per heavy atom. The number of ether oxygens (including phenoxy) is 1. The van der Waals surface area contributed by atoms with Crippen LogP contribution in [0.5, 0.6) is 5.88 Å². The number of aromatic nitrogens is 4. The van der Waals surface area contributed by atoms with Gasteiger partial charge in [-0.2, -0.15) is 10.1 Å². The Morgan fingerprint density at radius 2 is 2.32 bits per heavy atom. The number of H-pyrrole nitrogens is 1. The van der Waals surface area contributed by atoms with Gasteiger partial charge in [0.2, 0.25) is 11.8 Å². The van der Waals surface area contributed by atoms with Gasteiger partial charge in [0.1, 0.15) is 0 Å². The summed E-state index contributed by atoms with van der Waals surface area (Å²) in [5.41, 5.74) is 1.19. The molecule has 1 atom stereocenters. The molecule has 1 aliphatic rings. The Bertz CT molecular complexity index is 528. The molecule has 1 N–H and O–H groups in total. The van der Waals surface area contributed by atoms with Crippen LogP contribution >= 0.6 is 0 Å². The summed E-state index contributed by atoms with van der Waals surface area (Å²) < 4.78 is 5.15. The van der Waals surface area contributed by atoms with E-state index in [0.717, 1.165) is 25.5 Å². The maximum absolute atomic E-state index is 5.15. The molecule has 0 aliphatic carbocycles. The lowest BCUT2D eigenvalue weighted by atomic mass is 9.95. The number of aromatic amines is 1. The van der Waals surface area contributed by atoms with Gasteiger partial charge in [-0.3, -0.25) is 5.10 Å². The molecule has 0 bridgehead atoms. The highest BCUT2D eigenvalue weighted by Gasteiger charge is 2.24. The van der Waals surface area contributed by atoms with E-state index < -0.39 is 0 Å². The third-order valence-electron chi connectivity index (χ3n) is 3.49. The fourth-order valence-corrected chi connectivity index (χ4v) is 2.51. The molecule has 6 heteroatoms. The van der Waals surface area contributed by atoms with E-state index in [1.54, 1.807) is 25.6 Å². The van der Waals surface area contributed by atoms with Gasteiger partial charge in [0, 0.05) is 43.2 Å². The maximum atomic E-state index is 5.15. The lowest BCUT2D eigenvalue weighted by molar-refractivity contribution is 0.395. The zero-order chi connectivity index (χ0) is 13.1. The lowest BCUT2D eigenvalue weighted by Crippen LogP contribution is -2.35. The quantitative estimate of drug-likeness (QED) is 0.906. The molecule has 100 valence electrons. The molecule has 19 heavy (non-hydrogen) atoms. The average molecular weight is 259 g/mol. The fraction of sp³-hybridized carbons (Fsp3) is 0.462. The van der Waals surface area contributed by atoms with Crippen molar-refractivity contribution in [2.24, 2.45) is 0 Å². The van der Waals surface area contributed by atoms with Crippen molar-refractivity contribution in [3.8, 4) is 5.88 Å². The topological polar surface area (TPSA) is 66.9 Å². The molecule has 0 spiro atoms. The minimum atomic E-state index is 0.464. The van der Waals surface area contributed by atoms with Crippen molar-refractivity contribution in [3.63, 3.8) is 0 Å². The summed E-state index contributed by atoms with van der Waals surface area (Å²) in [6.07, 6.45) is 5.84.